The van der Waals surface area contributed by atoms with Crippen LogP contribution in [0.25, 0.3) is 0 Å². The summed E-state index contributed by atoms with van der Waals surface area (Å²) >= 11 is 0. The molecule has 27 heavy (non-hydrogen) atoms. The van der Waals surface area contributed by atoms with Gasteiger partial charge in [0.2, 0.25) is 10.0 Å². The van der Waals surface area contributed by atoms with Crippen molar-refractivity contribution in [2.24, 2.45) is 5.92 Å². The van der Waals surface area contributed by atoms with Gasteiger partial charge in [-0.2, -0.15) is 0 Å². The number of hydrogen-bond acceptors (Lipinski definition) is 4. The van der Waals surface area contributed by atoms with Crippen LogP contribution in [-0.4, -0.2) is 58.2 Å². The van der Waals surface area contributed by atoms with Crippen molar-refractivity contribution in [2.75, 3.05) is 37.7 Å². The Hall–Kier alpha value is -1.60. The summed E-state index contributed by atoms with van der Waals surface area (Å²) in [5.74, 6) is 0.579. The molecule has 0 spiro atoms. The Bertz CT molecular complexity index is 822. The third-order valence-electron chi connectivity index (χ3n) is 6.19. The molecule has 150 valence electrons. The average molecular weight is 394 g/mol. The normalized spacial score (nSPS) is 25.5. The van der Waals surface area contributed by atoms with E-state index in [1.165, 1.54) is 23.4 Å². The lowest BCUT2D eigenvalue weighted by Crippen LogP contribution is -2.55. The minimum Gasteiger partial charge on any atom is -0.350 e. The van der Waals surface area contributed by atoms with Crippen molar-refractivity contribution in [2.45, 2.75) is 44.6 Å². The highest BCUT2D eigenvalue weighted by atomic mass is 32.2. The van der Waals surface area contributed by atoms with Gasteiger partial charge in [-0.1, -0.05) is 19.8 Å². The zero-order valence-corrected chi connectivity index (χ0v) is 17.6. The number of rotatable bonds is 5. The fraction of sp³-hybridized carbons (Fsp3) is 0.650. The highest BCUT2D eigenvalue weighted by Crippen LogP contribution is 2.35. The Balaban J connectivity index is 1.72. The van der Waals surface area contributed by atoms with Gasteiger partial charge in [-0.15, -0.1) is 0 Å². The van der Waals surface area contributed by atoms with Crippen LogP contribution >= 0.6 is 0 Å². The third-order valence-corrected chi connectivity index (χ3v) is 7.37. The van der Waals surface area contributed by atoms with Crippen LogP contribution in [0.1, 0.15) is 48.5 Å². The van der Waals surface area contributed by atoms with Crippen molar-refractivity contribution < 1.29 is 13.2 Å². The van der Waals surface area contributed by atoms with Gasteiger partial charge in [0.1, 0.15) is 0 Å². The van der Waals surface area contributed by atoms with Gasteiger partial charge in [0, 0.05) is 24.2 Å². The van der Waals surface area contributed by atoms with Gasteiger partial charge >= 0.3 is 0 Å². The molecule has 1 N–H and O–H groups in total. The molecule has 3 rings (SSSR count). The topological polar surface area (TPSA) is 69.7 Å². The highest BCUT2D eigenvalue weighted by Gasteiger charge is 2.37. The van der Waals surface area contributed by atoms with Crippen molar-refractivity contribution in [3.05, 3.63) is 29.3 Å². The largest absolute Gasteiger partial charge is 0.350 e. The summed E-state index contributed by atoms with van der Waals surface area (Å²) in [6.07, 6.45) is 6.49. The van der Waals surface area contributed by atoms with Gasteiger partial charge in [-0.3, -0.25) is 9.10 Å². The summed E-state index contributed by atoms with van der Waals surface area (Å²) < 4.78 is 25.1. The summed E-state index contributed by atoms with van der Waals surface area (Å²) in [5.41, 5.74) is 2.22. The molecule has 2 aliphatic rings. The molecule has 0 bridgehead atoms. The number of hydrogen-bond donors (Lipinski definition) is 1. The smallest absolute Gasteiger partial charge is 0.251 e. The fourth-order valence-corrected chi connectivity index (χ4v) is 5.52. The molecule has 0 unspecified atom stereocenters. The molecule has 0 radical (unpaired) electrons. The van der Waals surface area contributed by atoms with Gasteiger partial charge in [0.05, 0.1) is 11.9 Å². The first-order chi connectivity index (χ1) is 12.6. The first kappa shape index (κ1) is 20.1. The number of likely N-dealkylation sites (N-methyl/N-ethyl adjacent to an activating group) is 1. The first-order valence-corrected chi connectivity index (χ1v) is 11.5. The molecule has 7 heteroatoms. The molecule has 1 aliphatic heterocycles. The number of amides is 1. The Kier molecular flexibility index (Phi) is 5.54. The second kappa shape index (κ2) is 7.43. The maximum atomic E-state index is 12.8. The molecule has 1 amide bonds. The summed E-state index contributed by atoms with van der Waals surface area (Å²) in [5, 5.41) is 3.13. The lowest BCUT2D eigenvalue weighted by atomic mass is 9.75. The van der Waals surface area contributed by atoms with Gasteiger partial charge in [-0.25, -0.2) is 8.42 Å². The molecule has 2 atom stereocenters. The van der Waals surface area contributed by atoms with Crippen LogP contribution < -0.4 is 9.62 Å². The van der Waals surface area contributed by atoms with Crippen LogP contribution in [0.15, 0.2) is 18.2 Å². The number of fused-ring (bicyclic) bond motifs is 1. The summed E-state index contributed by atoms with van der Waals surface area (Å²) in [6.45, 7) is 3.36. The highest BCUT2D eigenvalue weighted by molar-refractivity contribution is 7.92. The van der Waals surface area contributed by atoms with Gasteiger partial charge in [-0.05, 0) is 63.0 Å². The Labute approximate surface area is 163 Å². The van der Waals surface area contributed by atoms with E-state index in [-0.39, 0.29) is 11.4 Å². The lowest BCUT2D eigenvalue weighted by Gasteiger charge is -2.45. The summed E-state index contributed by atoms with van der Waals surface area (Å²) in [6, 6.07) is 5.31. The van der Waals surface area contributed by atoms with Crippen LogP contribution in [-0.2, 0) is 16.4 Å². The zero-order chi connectivity index (χ0) is 19.8. The van der Waals surface area contributed by atoms with E-state index in [0.717, 1.165) is 18.4 Å². The second-order valence-electron chi connectivity index (χ2n) is 8.43. The standard InChI is InChI=1S/C20H31N3O3S/c1-15-6-5-10-20(13-15,22(2)3)14-21-19(24)17-7-8-18-16(12-17)9-11-23(18)27(4,25)26/h7-8,12,15H,5-6,9-11,13-14H2,1-4H3,(H,21,24)/t15-,20+/m0/s1. The molecule has 1 aliphatic carbocycles. The average Bonchev–Trinajstić information content (AvgIpc) is 3.03. The molecule has 1 saturated carbocycles. The summed E-state index contributed by atoms with van der Waals surface area (Å²) in [7, 11) is 0.924. The van der Waals surface area contributed by atoms with Gasteiger partial charge < -0.3 is 10.2 Å². The van der Waals surface area contributed by atoms with Crippen LogP contribution in [0.2, 0.25) is 0 Å². The number of benzene rings is 1. The predicted molar refractivity (Wildman–Crippen MR) is 109 cm³/mol. The minimum atomic E-state index is -3.27. The van der Waals surface area contributed by atoms with Crippen LogP contribution in [0.5, 0.6) is 0 Å². The number of anilines is 1. The second-order valence-corrected chi connectivity index (χ2v) is 10.3. The van der Waals surface area contributed by atoms with Crippen molar-refractivity contribution in [3.63, 3.8) is 0 Å². The van der Waals surface area contributed by atoms with E-state index < -0.39 is 10.0 Å². The molecule has 0 aromatic heterocycles. The van der Waals surface area contributed by atoms with Crippen molar-refractivity contribution in [1.82, 2.24) is 10.2 Å². The van der Waals surface area contributed by atoms with Crippen molar-refractivity contribution in [3.8, 4) is 0 Å². The molecule has 1 heterocycles. The Morgan fingerprint density at radius 2 is 2.11 bits per heavy atom. The molecule has 1 fully saturated rings. The van der Waals surface area contributed by atoms with Crippen LogP contribution in [0.4, 0.5) is 5.69 Å². The van der Waals surface area contributed by atoms with Crippen molar-refractivity contribution >= 4 is 21.6 Å². The van der Waals surface area contributed by atoms with Crippen LogP contribution in [0.3, 0.4) is 0 Å². The Morgan fingerprint density at radius 1 is 1.37 bits per heavy atom. The van der Waals surface area contributed by atoms with E-state index in [9.17, 15) is 13.2 Å². The first-order valence-electron chi connectivity index (χ1n) is 9.69. The maximum Gasteiger partial charge on any atom is 0.251 e. The molecule has 0 saturated heterocycles. The predicted octanol–water partition coefficient (Wildman–Crippen LogP) is 2.25. The van der Waals surface area contributed by atoms with Gasteiger partial charge in [0.15, 0.2) is 0 Å². The van der Waals surface area contributed by atoms with Gasteiger partial charge in [0.25, 0.3) is 5.91 Å². The number of carbonyl (C=O) groups excluding carboxylic acids is 1. The number of nitrogens with zero attached hydrogens (tertiary/aromatic N) is 2. The minimum absolute atomic E-state index is 0.0111. The lowest BCUT2D eigenvalue weighted by molar-refractivity contribution is 0.0675. The zero-order valence-electron chi connectivity index (χ0n) is 16.8. The Morgan fingerprint density at radius 3 is 2.74 bits per heavy atom. The van der Waals surface area contributed by atoms with Crippen LogP contribution in [0, 0.1) is 5.92 Å². The van der Waals surface area contributed by atoms with E-state index >= 15 is 0 Å². The molecule has 1 aromatic rings. The van der Waals surface area contributed by atoms with E-state index in [2.05, 4.69) is 31.2 Å². The fourth-order valence-electron chi connectivity index (χ4n) is 4.56. The SMILES string of the molecule is C[C@H]1CCC[C@@](CNC(=O)c2ccc3c(c2)CCN3S(C)(=O)=O)(N(C)C)C1. The quantitative estimate of drug-likeness (QED) is 0.833. The van der Waals surface area contributed by atoms with E-state index in [0.29, 0.717) is 36.7 Å². The third kappa shape index (κ3) is 4.14. The molecule has 1 aromatic carbocycles. The number of sulfonamides is 1. The molecular formula is C20H31N3O3S. The monoisotopic (exact) mass is 393 g/mol. The number of nitrogens with one attached hydrogen (secondary N) is 1. The van der Waals surface area contributed by atoms with E-state index in [1.807, 2.05) is 6.07 Å². The molecular weight excluding hydrogens is 362 g/mol. The molecule has 6 nitrogen and oxygen atoms in total. The van der Waals surface area contributed by atoms with E-state index in [4.69, 9.17) is 0 Å². The summed E-state index contributed by atoms with van der Waals surface area (Å²) in [4.78, 5) is 15.0. The van der Waals surface area contributed by atoms with Crippen molar-refractivity contribution in [1.29, 1.82) is 0 Å². The number of carbonyl (C=O) groups is 1. The van der Waals surface area contributed by atoms with E-state index in [1.54, 1.807) is 12.1 Å². The maximum absolute atomic E-state index is 12.8.